The molecule has 0 radical (unpaired) electrons. The van der Waals surface area contributed by atoms with Crippen LogP contribution in [0.25, 0.3) is 0 Å². The first-order chi connectivity index (χ1) is 15.7. The highest BCUT2D eigenvalue weighted by Crippen LogP contribution is 2.20. The van der Waals surface area contributed by atoms with Crippen molar-refractivity contribution < 1.29 is 16.9 Å². The molecule has 0 spiro atoms. The van der Waals surface area contributed by atoms with Crippen LogP contribution in [0.1, 0.15) is 175 Å². The molecular formula is C31H66ClN. The fourth-order valence-electron chi connectivity index (χ4n) is 5.40. The Balaban J connectivity index is 0. The van der Waals surface area contributed by atoms with Crippen LogP contribution in [0.4, 0.5) is 0 Å². The summed E-state index contributed by atoms with van der Waals surface area (Å²) in [7, 11) is 0. The van der Waals surface area contributed by atoms with Crippen molar-refractivity contribution in [1.29, 1.82) is 0 Å². The van der Waals surface area contributed by atoms with Gasteiger partial charge in [-0.1, -0.05) is 124 Å². The second-order valence-corrected chi connectivity index (χ2v) is 11.0. The van der Waals surface area contributed by atoms with E-state index in [4.69, 9.17) is 0 Å². The molecule has 0 saturated carbocycles. The third-order valence-corrected chi connectivity index (χ3v) is 7.69. The first-order valence-corrected chi connectivity index (χ1v) is 15.6. The highest BCUT2D eigenvalue weighted by molar-refractivity contribution is 4.54. The molecule has 0 aromatic carbocycles. The van der Waals surface area contributed by atoms with E-state index in [0.717, 1.165) is 0 Å². The fourth-order valence-corrected chi connectivity index (χ4v) is 5.40. The van der Waals surface area contributed by atoms with Crippen LogP contribution in [-0.2, 0) is 0 Å². The lowest BCUT2D eigenvalue weighted by molar-refractivity contribution is -0.929. The highest BCUT2D eigenvalue weighted by Gasteiger charge is 2.25. The Labute approximate surface area is 218 Å². The maximum Gasteiger partial charge on any atom is 0.0786 e. The molecule has 202 valence electrons. The molecular weight excluding hydrogens is 422 g/mol. The summed E-state index contributed by atoms with van der Waals surface area (Å²) >= 11 is 0. The Morgan fingerprint density at radius 1 is 0.273 bits per heavy atom. The average Bonchev–Trinajstić information content (AvgIpc) is 2.80. The topological polar surface area (TPSA) is 0 Å². The first-order valence-electron chi connectivity index (χ1n) is 15.6. The normalized spacial score (nSPS) is 11.6. The Morgan fingerprint density at radius 2 is 0.455 bits per heavy atom. The van der Waals surface area contributed by atoms with Gasteiger partial charge in [0.25, 0.3) is 0 Å². The number of nitrogens with zero attached hydrogens (tertiary/aromatic N) is 1. The molecule has 0 aliphatic heterocycles. The molecule has 0 bridgehead atoms. The molecule has 1 nitrogen and oxygen atoms in total. The minimum absolute atomic E-state index is 0. The van der Waals surface area contributed by atoms with Gasteiger partial charge in [-0.3, -0.25) is 0 Å². The van der Waals surface area contributed by atoms with E-state index in [1.165, 1.54) is 178 Å². The molecule has 0 aromatic heterocycles. The van der Waals surface area contributed by atoms with E-state index in [9.17, 15) is 0 Å². The summed E-state index contributed by atoms with van der Waals surface area (Å²) in [5.74, 6) is 0. The van der Waals surface area contributed by atoms with E-state index in [-0.39, 0.29) is 12.4 Å². The maximum atomic E-state index is 2.34. The van der Waals surface area contributed by atoms with Gasteiger partial charge in [-0.2, -0.15) is 0 Å². The van der Waals surface area contributed by atoms with Crippen molar-refractivity contribution >= 4 is 0 Å². The van der Waals surface area contributed by atoms with Crippen LogP contribution in [0.15, 0.2) is 0 Å². The third-order valence-electron chi connectivity index (χ3n) is 7.69. The molecule has 2 heteroatoms. The van der Waals surface area contributed by atoms with Gasteiger partial charge < -0.3 is 16.9 Å². The zero-order valence-corrected chi connectivity index (χ0v) is 24.7. The molecule has 0 N–H and O–H groups in total. The molecule has 0 rings (SSSR count). The molecule has 0 aliphatic rings. The number of halogens is 1. The van der Waals surface area contributed by atoms with Gasteiger partial charge in [-0.25, -0.2) is 0 Å². The molecule has 0 heterocycles. The zero-order chi connectivity index (χ0) is 23.6. The van der Waals surface area contributed by atoms with Gasteiger partial charge in [0.1, 0.15) is 0 Å². The summed E-state index contributed by atoms with van der Waals surface area (Å²) in [6.07, 6.45) is 33.3. The molecule has 0 amide bonds. The molecule has 0 unspecified atom stereocenters. The summed E-state index contributed by atoms with van der Waals surface area (Å²) in [4.78, 5) is 0. The van der Waals surface area contributed by atoms with Crippen LogP contribution in [0, 0.1) is 0 Å². The van der Waals surface area contributed by atoms with Crippen molar-refractivity contribution in [1.82, 2.24) is 0 Å². The molecule has 0 aromatic rings. The Hall–Kier alpha value is 0.250. The van der Waals surface area contributed by atoms with Crippen molar-refractivity contribution in [3.05, 3.63) is 0 Å². The molecule has 0 atom stereocenters. The van der Waals surface area contributed by atoms with Crippen LogP contribution in [-0.4, -0.2) is 30.7 Å². The lowest BCUT2D eigenvalue weighted by Crippen LogP contribution is -3.00. The van der Waals surface area contributed by atoms with E-state index in [1.807, 2.05) is 0 Å². The lowest BCUT2D eigenvalue weighted by atomic mass is 10.0. The summed E-state index contributed by atoms with van der Waals surface area (Å²) in [6.45, 7) is 15.2. The van der Waals surface area contributed by atoms with Gasteiger partial charge in [-0.05, 0) is 51.4 Å². The summed E-state index contributed by atoms with van der Waals surface area (Å²) in [5, 5.41) is 0. The van der Waals surface area contributed by atoms with Crippen molar-refractivity contribution in [2.24, 2.45) is 0 Å². The van der Waals surface area contributed by atoms with Gasteiger partial charge in [0.15, 0.2) is 0 Å². The van der Waals surface area contributed by atoms with Crippen molar-refractivity contribution in [3.63, 3.8) is 0 Å². The zero-order valence-electron chi connectivity index (χ0n) is 23.9. The summed E-state index contributed by atoms with van der Waals surface area (Å²) in [5.41, 5.74) is 0. The highest BCUT2D eigenvalue weighted by atomic mass is 35.5. The monoisotopic (exact) mass is 487 g/mol. The van der Waals surface area contributed by atoms with E-state index in [2.05, 4.69) is 27.7 Å². The number of hydrogen-bond donors (Lipinski definition) is 0. The summed E-state index contributed by atoms with van der Waals surface area (Å²) < 4.78 is 1.47. The molecule has 0 aliphatic carbocycles. The lowest BCUT2D eigenvalue weighted by Gasteiger charge is -2.40. The number of hydrogen-bond acceptors (Lipinski definition) is 0. The molecule has 33 heavy (non-hydrogen) atoms. The fraction of sp³-hybridized carbons (Fsp3) is 1.00. The predicted octanol–water partition coefficient (Wildman–Crippen LogP) is 7.86. The SMILES string of the molecule is CCCCCCCCCC[N+](CCCCCCC)(CCCCCCC)CCCCCCC.[Cl-]. The van der Waals surface area contributed by atoms with Crippen molar-refractivity contribution in [2.75, 3.05) is 26.2 Å². The van der Waals surface area contributed by atoms with Gasteiger partial charge >= 0.3 is 0 Å². The van der Waals surface area contributed by atoms with E-state index in [0.29, 0.717) is 0 Å². The van der Waals surface area contributed by atoms with Gasteiger partial charge in [0, 0.05) is 0 Å². The van der Waals surface area contributed by atoms with Gasteiger partial charge in [0.05, 0.1) is 26.2 Å². The minimum atomic E-state index is 0. The quantitative estimate of drug-likeness (QED) is 0.0816. The third kappa shape index (κ3) is 23.7. The number of quaternary nitrogens is 1. The van der Waals surface area contributed by atoms with E-state index < -0.39 is 0 Å². The minimum Gasteiger partial charge on any atom is -1.00 e. The van der Waals surface area contributed by atoms with Crippen LogP contribution in [0.5, 0.6) is 0 Å². The smallest absolute Gasteiger partial charge is 0.0786 e. The van der Waals surface area contributed by atoms with Gasteiger partial charge in [0.2, 0.25) is 0 Å². The van der Waals surface area contributed by atoms with Crippen LogP contribution in [0.2, 0.25) is 0 Å². The predicted molar refractivity (Wildman–Crippen MR) is 149 cm³/mol. The standard InChI is InChI=1S/C31H66N.ClH/c1-5-9-13-17-18-19-23-27-31-32(28-24-20-14-10-6-2,29-25-21-15-11-7-3)30-26-22-16-12-8-4;/h5-31H2,1-4H3;1H/q+1;/p-1. The van der Waals surface area contributed by atoms with Crippen LogP contribution >= 0.6 is 0 Å². The van der Waals surface area contributed by atoms with E-state index in [1.54, 1.807) is 0 Å². The Bertz CT molecular complexity index is 308. The number of unbranched alkanes of at least 4 members (excludes halogenated alkanes) is 19. The van der Waals surface area contributed by atoms with Crippen molar-refractivity contribution in [3.8, 4) is 0 Å². The summed E-state index contributed by atoms with van der Waals surface area (Å²) in [6, 6.07) is 0. The maximum absolute atomic E-state index is 2.34. The molecule has 0 saturated heterocycles. The second kappa shape index (κ2) is 28.5. The van der Waals surface area contributed by atoms with E-state index >= 15 is 0 Å². The van der Waals surface area contributed by atoms with Gasteiger partial charge in [-0.15, -0.1) is 0 Å². The van der Waals surface area contributed by atoms with Crippen molar-refractivity contribution in [2.45, 2.75) is 175 Å². The number of rotatable bonds is 27. The van der Waals surface area contributed by atoms with Crippen LogP contribution < -0.4 is 12.4 Å². The Morgan fingerprint density at radius 3 is 0.667 bits per heavy atom. The molecule has 0 fully saturated rings. The largest absolute Gasteiger partial charge is 1.00 e. The van der Waals surface area contributed by atoms with Crippen LogP contribution in [0.3, 0.4) is 0 Å². The second-order valence-electron chi connectivity index (χ2n) is 11.0. The average molecular weight is 488 g/mol. The Kier molecular flexibility index (Phi) is 30.6. The first kappa shape index (κ1) is 35.4.